The first-order chi connectivity index (χ1) is 14.0. The summed E-state index contributed by atoms with van der Waals surface area (Å²) in [5.74, 6) is 0.395. The van der Waals surface area contributed by atoms with E-state index in [4.69, 9.17) is 14.2 Å². The maximum atomic E-state index is 14.2. The average molecular weight is 416 g/mol. The molecular formula is C21H21FN2O4S. The Hall–Kier alpha value is -3.13. The molecule has 0 radical (unpaired) electrons. The van der Waals surface area contributed by atoms with E-state index in [0.717, 1.165) is 16.3 Å². The second-order valence-electron chi connectivity index (χ2n) is 6.01. The van der Waals surface area contributed by atoms with Gasteiger partial charge in [-0.3, -0.25) is 4.79 Å². The number of rotatable bonds is 8. The Balaban J connectivity index is 1.67. The number of benzene rings is 2. The number of methoxy groups -OCH3 is 2. The van der Waals surface area contributed by atoms with Crippen molar-refractivity contribution in [3.63, 3.8) is 0 Å². The zero-order valence-corrected chi connectivity index (χ0v) is 17.1. The lowest BCUT2D eigenvalue weighted by Gasteiger charge is -2.11. The quantitative estimate of drug-likeness (QED) is 0.584. The van der Waals surface area contributed by atoms with E-state index in [1.54, 1.807) is 0 Å². The molecule has 1 N–H and O–H groups in total. The van der Waals surface area contributed by atoms with Crippen molar-refractivity contribution in [3.8, 4) is 27.8 Å². The van der Waals surface area contributed by atoms with Crippen LogP contribution in [0.3, 0.4) is 0 Å². The lowest BCUT2D eigenvalue weighted by molar-refractivity contribution is -0.115. The predicted octanol–water partition coefficient (Wildman–Crippen LogP) is 4.55. The molecule has 0 aliphatic carbocycles. The standard InChI is InChI=1S/C21H21FN2O4S/c1-4-28-15-7-5-13(6-8-15)21-23-14(12-29-21)9-20(25)24-17-11-19(27-3)18(26-2)10-16(17)22/h5-8,10-12H,4,9H2,1-3H3,(H,24,25). The van der Waals surface area contributed by atoms with Gasteiger partial charge in [-0.2, -0.15) is 0 Å². The van der Waals surface area contributed by atoms with Crippen LogP contribution in [0.25, 0.3) is 10.6 Å². The van der Waals surface area contributed by atoms with Gasteiger partial charge in [0.1, 0.15) is 10.8 Å². The van der Waals surface area contributed by atoms with Crippen molar-refractivity contribution in [2.75, 3.05) is 26.1 Å². The molecule has 0 spiro atoms. The van der Waals surface area contributed by atoms with Gasteiger partial charge in [-0.05, 0) is 31.2 Å². The first kappa shape index (κ1) is 20.6. The maximum Gasteiger partial charge on any atom is 0.230 e. The molecule has 1 amide bonds. The lowest BCUT2D eigenvalue weighted by atomic mass is 10.2. The highest BCUT2D eigenvalue weighted by atomic mass is 32.1. The number of ether oxygens (including phenoxy) is 3. The van der Waals surface area contributed by atoms with Gasteiger partial charge in [-0.1, -0.05) is 0 Å². The SMILES string of the molecule is CCOc1ccc(-c2nc(CC(=O)Nc3cc(OC)c(OC)cc3F)cs2)cc1. The monoisotopic (exact) mass is 416 g/mol. The number of halogens is 1. The molecular weight excluding hydrogens is 395 g/mol. The van der Waals surface area contributed by atoms with E-state index in [-0.39, 0.29) is 23.8 Å². The third-order valence-electron chi connectivity index (χ3n) is 4.05. The smallest absolute Gasteiger partial charge is 0.230 e. The fraction of sp³-hybridized carbons (Fsp3) is 0.238. The zero-order valence-electron chi connectivity index (χ0n) is 16.3. The second-order valence-corrected chi connectivity index (χ2v) is 6.87. The van der Waals surface area contributed by atoms with Crippen molar-refractivity contribution in [1.29, 1.82) is 0 Å². The van der Waals surface area contributed by atoms with E-state index in [1.165, 1.54) is 37.7 Å². The molecule has 6 nitrogen and oxygen atoms in total. The summed E-state index contributed by atoms with van der Waals surface area (Å²) < 4.78 is 29.8. The number of aromatic nitrogens is 1. The van der Waals surface area contributed by atoms with Crippen LogP contribution in [0.4, 0.5) is 10.1 Å². The third kappa shape index (κ3) is 5.03. The number of anilines is 1. The van der Waals surface area contributed by atoms with Gasteiger partial charge in [0.05, 0.1) is 38.6 Å². The number of nitrogens with zero attached hydrogens (tertiary/aromatic N) is 1. The normalized spacial score (nSPS) is 10.5. The Morgan fingerprint density at radius 3 is 2.48 bits per heavy atom. The third-order valence-corrected chi connectivity index (χ3v) is 4.99. The second kappa shape index (κ2) is 9.38. The number of amides is 1. The minimum atomic E-state index is -0.607. The lowest BCUT2D eigenvalue weighted by Crippen LogP contribution is -2.15. The summed E-state index contributed by atoms with van der Waals surface area (Å²) in [6, 6.07) is 10.2. The van der Waals surface area contributed by atoms with E-state index in [2.05, 4.69) is 10.3 Å². The highest BCUT2D eigenvalue weighted by Gasteiger charge is 2.15. The van der Waals surface area contributed by atoms with Crippen LogP contribution in [0.15, 0.2) is 41.8 Å². The van der Waals surface area contributed by atoms with Crippen molar-refractivity contribution in [3.05, 3.63) is 53.3 Å². The number of hydrogen-bond donors (Lipinski definition) is 1. The van der Waals surface area contributed by atoms with Crippen molar-refractivity contribution < 1.29 is 23.4 Å². The van der Waals surface area contributed by atoms with Crippen LogP contribution in [0.5, 0.6) is 17.2 Å². The zero-order chi connectivity index (χ0) is 20.8. The summed E-state index contributed by atoms with van der Waals surface area (Å²) in [6.07, 6.45) is 0.0291. The minimum absolute atomic E-state index is 0.0228. The number of carbonyl (C=O) groups is 1. The van der Waals surface area contributed by atoms with Gasteiger partial charge in [-0.25, -0.2) is 9.37 Å². The van der Waals surface area contributed by atoms with Gasteiger partial charge in [0.25, 0.3) is 0 Å². The number of hydrogen-bond acceptors (Lipinski definition) is 6. The first-order valence-corrected chi connectivity index (χ1v) is 9.81. The molecule has 0 aliphatic rings. The van der Waals surface area contributed by atoms with E-state index in [0.29, 0.717) is 18.1 Å². The minimum Gasteiger partial charge on any atom is -0.494 e. The molecule has 3 rings (SSSR count). The molecule has 0 aliphatic heterocycles. The van der Waals surface area contributed by atoms with Crippen LogP contribution in [0.2, 0.25) is 0 Å². The molecule has 29 heavy (non-hydrogen) atoms. The van der Waals surface area contributed by atoms with Crippen LogP contribution < -0.4 is 19.5 Å². The fourth-order valence-electron chi connectivity index (χ4n) is 2.69. The fourth-order valence-corrected chi connectivity index (χ4v) is 3.52. The summed E-state index contributed by atoms with van der Waals surface area (Å²) in [6.45, 7) is 2.54. The molecule has 152 valence electrons. The van der Waals surface area contributed by atoms with Crippen LogP contribution in [-0.2, 0) is 11.2 Å². The van der Waals surface area contributed by atoms with E-state index in [9.17, 15) is 9.18 Å². The van der Waals surface area contributed by atoms with E-state index < -0.39 is 5.82 Å². The number of nitrogens with one attached hydrogen (secondary N) is 1. The van der Waals surface area contributed by atoms with Crippen molar-refractivity contribution >= 4 is 22.9 Å². The molecule has 1 heterocycles. The molecule has 1 aromatic heterocycles. The van der Waals surface area contributed by atoms with Gasteiger partial charge < -0.3 is 19.5 Å². The van der Waals surface area contributed by atoms with Gasteiger partial charge in [0.2, 0.25) is 5.91 Å². The molecule has 0 saturated heterocycles. The Kier molecular flexibility index (Phi) is 6.66. The van der Waals surface area contributed by atoms with Crippen LogP contribution >= 0.6 is 11.3 Å². The Morgan fingerprint density at radius 1 is 1.14 bits per heavy atom. The summed E-state index contributed by atoms with van der Waals surface area (Å²) in [7, 11) is 2.86. The molecule has 3 aromatic rings. The molecule has 0 bridgehead atoms. The van der Waals surface area contributed by atoms with Crippen LogP contribution in [0, 0.1) is 5.82 Å². The summed E-state index contributed by atoms with van der Waals surface area (Å²) in [5, 5.41) is 5.17. The largest absolute Gasteiger partial charge is 0.494 e. The Labute approximate surface area is 172 Å². The van der Waals surface area contributed by atoms with Gasteiger partial charge in [-0.15, -0.1) is 11.3 Å². The highest BCUT2D eigenvalue weighted by Crippen LogP contribution is 2.32. The van der Waals surface area contributed by atoms with Gasteiger partial charge >= 0.3 is 0 Å². The highest BCUT2D eigenvalue weighted by molar-refractivity contribution is 7.13. The van der Waals surface area contributed by atoms with E-state index >= 15 is 0 Å². The molecule has 2 aromatic carbocycles. The summed E-state index contributed by atoms with van der Waals surface area (Å²) in [4.78, 5) is 16.8. The van der Waals surface area contributed by atoms with Crippen molar-refractivity contribution in [1.82, 2.24) is 4.98 Å². The number of carbonyl (C=O) groups excluding carboxylic acids is 1. The Morgan fingerprint density at radius 2 is 1.83 bits per heavy atom. The van der Waals surface area contributed by atoms with Crippen LogP contribution in [0.1, 0.15) is 12.6 Å². The van der Waals surface area contributed by atoms with Crippen molar-refractivity contribution in [2.45, 2.75) is 13.3 Å². The molecule has 0 fully saturated rings. The van der Waals surface area contributed by atoms with Gasteiger partial charge in [0, 0.05) is 23.1 Å². The van der Waals surface area contributed by atoms with Crippen molar-refractivity contribution in [2.24, 2.45) is 0 Å². The Bertz CT molecular complexity index is 989. The summed E-state index contributed by atoms with van der Waals surface area (Å²) in [5.41, 5.74) is 1.57. The van der Waals surface area contributed by atoms with E-state index in [1.807, 2.05) is 36.6 Å². The number of thiazole rings is 1. The van der Waals surface area contributed by atoms with Gasteiger partial charge in [0.15, 0.2) is 17.3 Å². The molecule has 0 saturated carbocycles. The molecule has 0 atom stereocenters. The molecule has 0 unspecified atom stereocenters. The average Bonchev–Trinajstić information content (AvgIpc) is 3.18. The maximum absolute atomic E-state index is 14.2. The molecule has 8 heteroatoms. The van der Waals surface area contributed by atoms with Crippen LogP contribution in [-0.4, -0.2) is 31.7 Å². The first-order valence-electron chi connectivity index (χ1n) is 8.93. The topological polar surface area (TPSA) is 69.7 Å². The predicted molar refractivity (Wildman–Crippen MR) is 111 cm³/mol. The summed E-state index contributed by atoms with van der Waals surface area (Å²) >= 11 is 1.44.